The molecule has 0 amide bonds. The quantitative estimate of drug-likeness (QED) is 0.625. The normalized spacial score (nSPS) is 10.6. The van der Waals surface area contributed by atoms with E-state index >= 15 is 0 Å². The SMILES string of the molecule is CC(C)(C)N=C=Nc1cccc(Cl)c1. The highest BCUT2D eigenvalue weighted by molar-refractivity contribution is 6.30. The lowest BCUT2D eigenvalue weighted by atomic mass is 10.1. The Balaban J connectivity index is 2.84. The number of benzene rings is 1. The van der Waals surface area contributed by atoms with E-state index in [-0.39, 0.29) is 5.54 Å². The predicted octanol–water partition coefficient (Wildman–Crippen LogP) is 3.94. The molecule has 0 N–H and O–H groups in total. The molecule has 1 aromatic carbocycles. The van der Waals surface area contributed by atoms with Gasteiger partial charge in [-0.05, 0) is 39.0 Å². The van der Waals surface area contributed by atoms with E-state index in [4.69, 9.17) is 11.6 Å². The fourth-order valence-corrected chi connectivity index (χ4v) is 0.963. The lowest BCUT2D eigenvalue weighted by molar-refractivity contribution is 0.587. The molecule has 3 heteroatoms. The number of rotatable bonds is 1. The van der Waals surface area contributed by atoms with Crippen molar-refractivity contribution in [2.75, 3.05) is 0 Å². The van der Waals surface area contributed by atoms with Crippen LogP contribution in [0.3, 0.4) is 0 Å². The first-order chi connectivity index (χ1) is 6.47. The Labute approximate surface area is 89.4 Å². The number of nitrogens with zero attached hydrogens (tertiary/aromatic N) is 2. The molecule has 0 spiro atoms. The molecule has 74 valence electrons. The molecular weight excluding hydrogens is 196 g/mol. The summed E-state index contributed by atoms with van der Waals surface area (Å²) in [4.78, 5) is 8.17. The molecule has 14 heavy (non-hydrogen) atoms. The maximum absolute atomic E-state index is 5.80. The molecule has 2 nitrogen and oxygen atoms in total. The topological polar surface area (TPSA) is 24.7 Å². The minimum Gasteiger partial charge on any atom is -0.219 e. The summed E-state index contributed by atoms with van der Waals surface area (Å²) in [6.07, 6.45) is 0. The summed E-state index contributed by atoms with van der Waals surface area (Å²) in [5.41, 5.74) is 0.632. The fraction of sp³-hybridized carbons (Fsp3) is 0.364. The van der Waals surface area contributed by atoms with Crippen LogP contribution in [-0.4, -0.2) is 11.5 Å². The Morgan fingerprint density at radius 2 is 2.00 bits per heavy atom. The zero-order chi connectivity index (χ0) is 10.6. The van der Waals surface area contributed by atoms with E-state index in [2.05, 4.69) is 16.0 Å². The summed E-state index contributed by atoms with van der Waals surface area (Å²) in [6, 6.07) is 9.94. The van der Waals surface area contributed by atoms with Gasteiger partial charge in [0, 0.05) is 5.02 Å². The molecule has 0 unspecified atom stereocenters. The Morgan fingerprint density at radius 3 is 2.57 bits per heavy atom. The van der Waals surface area contributed by atoms with Crippen LogP contribution in [0.15, 0.2) is 34.3 Å². The highest BCUT2D eigenvalue weighted by Crippen LogP contribution is 2.17. The summed E-state index contributed by atoms with van der Waals surface area (Å²) < 4.78 is 0. The molecule has 0 fully saturated rings. The molecule has 0 saturated carbocycles. The van der Waals surface area contributed by atoms with Crippen LogP contribution in [0.5, 0.6) is 0 Å². The summed E-state index contributed by atoms with van der Waals surface area (Å²) in [5, 5.41) is 0.670. The van der Waals surface area contributed by atoms with Crippen molar-refractivity contribution in [2.24, 2.45) is 9.98 Å². The van der Waals surface area contributed by atoms with Crippen LogP contribution in [0.1, 0.15) is 20.8 Å². The van der Waals surface area contributed by atoms with E-state index in [0.29, 0.717) is 5.02 Å². The van der Waals surface area contributed by atoms with Gasteiger partial charge in [0.05, 0.1) is 17.2 Å². The average molecular weight is 209 g/mol. The number of hydrogen-bond donors (Lipinski definition) is 0. The van der Waals surface area contributed by atoms with Gasteiger partial charge in [0.2, 0.25) is 0 Å². The summed E-state index contributed by atoms with van der Waals surface area (Å²) >= 11 is 5.80. The van der Waals surface area contributed by atoms with Crippen molar-refractivity contribution in [1.29, 1.82) is 0 Å². The van der Waals surface area contributed by atoms with Crippen LogP contribution >= 0.6 is 11.6 Å². The van der Waals surface area contributed by atoms with Crippen molar-refractivity contribution in [1.82, 2.24) is 0 Å². The van der Waals surface area contributed by atoms with Gasteiger partial charge in [-0.25, -0.2) is 4.99 Å². The van der Waals surface area contributed by atoms with E-state index in [0.717, 1.165) is 5.69 Å². The first-order valence-corrected chi connectivity index (χ1v) is 4.78. The van der Waals surface area contributed by atoms with E-state index in [9.17, 15) is 0 Å². The Kier molecular flexibility index (Phi) is 3.45. The van der Waals surface area contributed by atoms with Crippen molar-refractivity contribution < 1.29 is 0 Å². The second-order valence-corrected chi connectivity index (χ2v) is 4.41. The largest absolute Gasteiger partial charge is 0.219 e. The van der Waals surface area contributed by atoms with E-state index < -0.39 is 0 Å². The summed E-state index contributed by atoms with van der Waals surface area (Å²) in [6.45, 7) is 5.98. The second kappa shape index (κ2) is 4.41. The van der Waals surface area contributed by atoms with Gasteiger partial charge >= 0.3 is 0 Å². The van der Waals surface area contributed by atoms with Crippen LogP contribution in [0.2, 0.25) is 5.02 Å². The minimum absolute atomic E-state index is 0.137. The number of aliphatic imine (C=N–C) groups is 2. The number of halogens is 1. The molecule has 0 atom stereocenters. The van der Waals surface area contributed by atoms with Crippen LogP contribution in [0.25, 0.3) is 0 Å². The van der Waals surface area contributed by atoms with Crippen molar-refractivity contribution in [3.8, 4) is 0 Å². The zero-order valence-electron chi connectivity index (χ0n) is 8.58. The molecule has 1 rings (SSSR count). The van der Waals surface area contributed by atoms with Crippen LogP contribution in [0, 0.1) is 0 Å². The smallest absolute Gasteiger partial charge is 0.0954 e. The van der Waals surface area contributed by atoms with E-state index in [1.807, 2.05) is 39.0 Å². The summed E-state index contributed by atoms with van der Waals surface area (Å²) in [5.74, 6) is 0. The Bertz CT molecular complexity index is 371. The zero-order valence-corrected chi connectivity index (χ0v) is 9.34. The van der Waals surface area contributed by atoms with Crippen LogP contribution in [0.4, 0.5) is 5.69 Å². The Morgan fingerprint density at radius 1 is 1.29 bits per heavy atom. The third-order valence-corrected chi connectivity index (χ3v) is 1.61. The fourth-order valence-electron chi connectivity index (χ4n) is 0.778. The third kappa shape index (κ3) is 4.22. The van der Waals surface area contributed by atoms with Gasteiger partial charge in [-0.3, -0.25) is 0 Å². The van der Waals surface area contributed by atoms with Gasteiger partial charge in [0.1, 0.15) is 0 Å². The second-order valence-electron chi connectivity index (χ2n) is 3.97. The van der Waals surface area contributed by atoms with Crippen molar-refractivity contribution >= 4 is 23.3 Å². The van der Waals surface area contributed by atoms with Crippen molar-refractivity contribution in [3.05, 3.63) is 29.3 Å². The van der Waals surface area contributed by atoms with Gasteiger partial charge in [0.15, 0.2) is 0 Å². The van der Waals surface area contributed by atoms with Gasteiger partial charge in [-0.1, -0.05) is 17.7 Å². The highest BCUT2D eigenvalue weighted by atomic mass is 35.5. The number of hydrogen-bond acceptors (Lipinski definition) is 2. The molecule has 0 saturated heterocycles. The maximum atomic E-state index is 5.80. The van der Waals surface area contributed by atoms with Crippen LogP contribution in [-0.2, 0) is 0 Å². The maximum Gasteiger partial charge on any atom is 0.0954 e. The molecule has 0 aliphatic rings. The lowest BCUT2D eigenvalue weighted by Crippen LogP contribution is -2.07. The predicted molar refractivity (Wildman–Crippen MR) is 60.7 cm³/mol. The van der Waals surface area contributed by atoms with Crippen molar-refractivity contribution in [3.63, 3.8) is 0 Å². The third-order valence-electron chi connectivity index (χ3n) is 1.37. The molecule has 0 radical (unpaired) electrons. The molecule has 0 heterocycles. The Hall–Kier alpha value is -1.11. The lowest BCUT2D eigenvalue weighted by Gasteiger charge is -2.06. The van der Waals surface area contributed by atoms with Gasteiger partial charge < -0.3 is 0 Å². The van der Waals surface area contributed by atoms with E-state index in [1.54, 1.807) is 6.07 Å². The molecule has 0 bridgehead atoms. The average Bonchev–Trinajstić information content (AvgIpc) is 2.01. The first-order valence-electron chi connectivity index (χ1n) is 4.40. The molecule has 1 aromatic rings. The highest BCUT2D eigenvalue weighted by Gasteiger charge is 2.04. The molecular formula is C11H13ClN2. The first kappa shape index (κ1) is 11.0. The van der Waals surface area contributed by atoms with Crippen LogP contribution < -0.4 is 0 Å². The summed E-state index contributed by atoms with van der Waals surface area (Å²) in [7, 11) is 0. The molecule has 0 aliphatic heterocycles. The molecule has 0 aliphatic carbocycles. The van der Waals surface area contributed by atoms with Gasteiger partial charge in [0.25, 0.3) is 0 Å². The van der Waals surface area contributed by atoms with Gasteiger partial charge in [-0.15, -0.1) is 0 Å². The van der Waals surface area contributed by atoms with Crippen molar-refractivity contribution in [2.45, 2.75) is 26.3 Å². The minimum atomic E-state index is -0.137. The standard InChI is InChI=1S/C11H13ClN2/c1-11(2,3)14-8-13-10-6-4-5-9(12)7-10/h4-7H,1-3H3. The molecule has 0 aromatic heterocycles. The van der Waals surface area contributed by atoms with E-state index in [1.165, 1.54) is 0 Å². The monoisotopic (exact) mass is 208 g/mol. The van der Waals surface area contributed by atoms with Gasteiger partial charge in [-0.2, -0.15) is 4.99 Å².